The summed E-state index contributed by atoms with van der Waals surface area (Å²) in [4.78, 5) is 28.5. The van der Waals surface area contributed by atoms with Crippen molar-refractivity contribution in [2.45, 2.75) is 32.4 Å². The highest BCUT2D eigenvalue weighted by atomic mass is 16.5. The van der Waals surface area contributed by atoms with E-state index in [0.717, 1.165) is 5.69 Å². The van der Waals surface area contributed by atoms with Crippen LogP contribution in [0.15, 0.2) is 12.1 Å². The third-order valence-electron chi connectivity index (χ3n) is 3.16. The van der Waals surface area contributed by atoms with E-state index in [9.17, 15) is 9.59 Å². The van der Waals surface area contributed by atoms with E-state index < -0.39 is 12.0 Å². The summed E-state index contributed by atoms with van der Waals surface area (Å²) in [5.74, 6) is -0.457. The molecule has 6 nitrogen and oxygen atoms in total. The number of amides is 1. The fraction of sp³-hybridized carbons (Fsp3) is 0.462. The van der Waals surface area contributed by atoms with Crippen LogP contribution in [0.4, 0.5) is 0 Å². The predicted octanol–water partition coefficient (Wildman–Crippen LogP) is 0.974. The van der Waals surface area contributed by atoms with Gasteiger partial charge in [0.15, 0.2) is 0 Å². The number of carboxylic acid groups (broad SMARTS) is 1. The van der Waals surface area contributed by atoms with Crippen molar-refractivity contribution in [2.75, 3.05) is 7.11 Å². The third kappa shape index (κ3) is 2.83. The topological polar surface area (TPSA) is 79.7 Å². The molecule has 1 atom stereocenters. The molecule has 6 heteroatoms. The molecule has 0 spiro atoms. The first-order valence-electron chi connectivity index (χ1n) is 6.05. The van der Waals surface area contributed by atoms with Crippen molar-refractivity contribution >= 4 is 11.9 Å². The van der Waals surface area contributed by atoms with Gasteiger partial charge in [0, 0.05) is 24.2 Å². The van der Waals surface area contributed by atoms with Gasteiger partial charge in [-0.2, -0.15) is 0 Å². The van der Waals surface area contributed by atoms with Gasteiger partial charge in [-0.15, -0.1) is 0 Å². The van der Waals surface area contributed by atoms with Crippen molar-refractivity contribution in [3.63, 3.8) is 0 Å². The first-order valence-corrected chi connectivity index (χ1v) is 6.05. The fourth-order valence-corrected chi connectivity index (χ4v) is 2.26. The minimum Gasteiger partial charge on any atom is -0.497 e. The van der Waals surface area contributed by atoms with Gasteiger partial charge in [0.05, 0.1) is 19.3 Å². The first-order chi connectivity index (χ1) is 9.01. The van der Waals surface area contributed by atoms with Crippen molar-refractivity contribution in [3.8, 4) is 5.75 Å². The number of ether oxygens (including phenoxy) is 1. The van der Waals surface area contributed by atoms with Gasteiger partial charge in [-0.1, -0.05) is 0 Å². The smallest absolute Gasteiger partial charge is 0.326 e. The molecule has 1 aromatic heterocycles. The van der Waals surface area contributed by atoms with E-state index in [1.165, 1.54) is 4.90 Å². The van der Waals surface area contributed by atoms with E-state index >= 15 is 0 Å². The molecule has 0 aliphatic carbocycles. The zero-order valence-corrected chi connectivity index (χ0v) is 10.9. The van der Waals surface area contributed by atoms with Gasteiger partial charge < -0.3 is 14.7 Å². The number of likely N-dealkylation sites (tertiary alicyclic amines) is 1. The van der Waals surface area contributed by atoms with E-state index in [-0.39, 0.29) is 18.9 Å². The zero-order valence-electron chi connectivity index (χ0n) is 10.9. The number of aromatic nitrogens is 1. The Kier molecular flexibility index (Phi) is 3.69. The number of carboxylic acids is 1. The van der Waals surface area contributed by atoms with Crippen molar-refractivity contribution in [2.24, 2.45) is 0 Å². The van der Waals surface area contributed by atoms with Gasteiger partial charge in [0.2, 0.25) is 5.91 Å². The van der Waals surface area contributed by atoms with Crippen LogP contribution < -0.4 is 4.74 Å². The summed E-state index contributed by atoms with van der Waals surface area (Å²) in [6.45, 7) is 2.03. The Hall–Kier alpha value is -2.11. The summed E-state index contributed by atoms with van der Waals surface area (Å²) in [5.41, 5.74) is 1.41. The number of hydrogen-bond donors (Lipinski definition) is 1. The van der Waals surface area contributed by atoms with Crippen molar-refractivity contribution in [1.82, 2.24) is 9.88 Å². The molecule has 1 aliphatic heterocycles. The normalized spacial score (nSPS) is 18.7. The Morgan fingerprint density at radius 3 is 2.95 bits per heavy atom. The Morgan fingerprint density at radius 2 is 2.32 bits per heavy atom. The second-order valence-electron chi connectivity index (χ2n) is 4.55. The zero-order chi connectivity index (χ0) is 14.0. The Bertz CT molecular complexity index is 515. The molecule has 102 valence electrons. The number of hydrogen-bond acceptors (Lipinski definition) is 4. The summed E-state index contributed by atoms with van der Waals surface area (Å²) in [5, 5.41) is 9.10. The summed E-state index contributed by atoms with van der Waals surface area (Å²) < 4.78 is 5.14. The maximum Gasteiger partial charge on any atom is 0.326 e. The predicted molar refractivity (Wildman–Crippen MR) is 66.7 cm³/mol. The van der Waals surface area contributed by atoms with Gasteiger partial charge >= 0.3 is 5.97 Å². The standard InChI is InChI=1S/C13H16N2O4/c1-8-5-10(19-2)6-9(14-8)7-15-11(13(17)18)3-4-12(15)16/h5-6,11H,3-4,7H2,1-2H3,(H,17,18). The summed E-state index contributed by atoms with van der Waals surface area (Å²) in [6, 6.07) is 2.75. The number of aliphatic carboxylic acids is 1. The lowest BCUT2D eigenvalue weighted by Gasteiger charge is -2.21. The van der Waals surface area contributed by atoms with Crippen LogP contribution in [0.1, 0.15) is 24.2 Å². The van der Waals surface area contributed by atoms with Crippen LogP contribution in [-0.4, -0.2) is 40.0 Å². The maximum atomic E-state index is 11.7. The molecular weight excluding hydrogens is 248 g/mol. The van der Waals surface area contributed by atoms with Gasteiger partial charge in [-0.25, -0.2) is 4.79 Å². The molecule has 0 saturated carbocycles. The number of carbonyl (C=O) groups is 2. The average molecular weight is 264 g/mol. The SMILES string of the molecule is COc1cc(C)nc(CN2C(=O)CCC2C(=O)O)c1. The van der Waals surface area contributed by atoms with Gasteiger partial charge in [0.1, 0.15) is 11.8 Å². The Morgan fingerprint density at radius 1 is 1.58 bits per heavy atom. The number of rotatable bonds is 4. The molecule has 1 saturated heterocycles. The van der Waals surface area contributed by atoms with Crippen LogP contribution in [0, 0.1) is 6.92 Å². The monoisotopic (exact) mass is 264 g/mol. The molecule has 1 fully saturated rings. The highest BCUT2D eigenvalue weighted by molar-refractivity contribution is 5.87. The minimum absolute atomic E-state index is 0.144. The van der Waals surface area contributed by atoms with Crippen LogP contribution in [0.5, 0.6) is 5.75 Å². The van der Waals surface area contributed by atoms with E-state index in [2.05, 4.69) is 4.98 Å². The molecule has 0 bridgehead atoms. The molecule has 1 aromatic rings. The van der Waals surface area contributed by atoms with Crippen molar-refractivity contribution < 1.29 is 19.4 Å². The molecule has 0 aromatic carbocycles. The molecule has 2 rings (SSSR count). The molecular formula is C13H16N2O4. The lowest BCUT2D eigenvalue weighted by Crippen LogP contribution is -2.38. The number of methoxy groups -OCH3 is 1. The van der Waals surface area contributed by atoms with Crippen LogP contribution in [-0.2, 0) is 16.1 Å². The Labute approximate surface area is 111 Å². The fourth-order valence-electron chi connectivity index (χ4n) is 2.26. The summed E-state index contributed by atoms with van der Waals surface area (Å²) in [6.07, 6.45) is 0.636. The highest BCUT2D eigenvalue weighted by Crippen LogP contribution is 2.22. The number of pyridine rings is 1. The summed E-state index contributed by atoms with van der Waals surface area (Å²) in [7, 11) is 1.56. The molecule has 0 radical (unpaired) electrons. The lowest BCUT2D eigenvalue weighted by molar-refractivity contribution is -0.146. The minimum atomic E-state index is -0.967. The third-order valence-corrected chi connectivity index (χ3v) is 3.16. The molecule has 1 unspecified atom stereocenters. The molecule has 1 N–H and O–H groups in total. The Balaban J connectivity index is 2.22. The van der Waals surface area contributed by atoms with E-state index in [1.54, 1.807) is 19.2 Å². The number of carbonyl (C=O) groups excluding carboxylic acids is 1. The molecule has 1 amide bonds. The quantitative estimate of drug-likeness (QED) is 0.876. The van der Waals surface area contributed by atoms with Crippen LogP contribution >= 0.6 is 0 Å². The van der Waals surface area contributed by atoms with Crippen LogP contribution in [0.2, 0.25) is 0 Å². The van der Waals surface area contributed by atoms with Crippen molar-refractivity contribution in [1.29, 1.82) is 0 Å². The molecule has 19 heavy (non-hydrogen) atoms. The largest absolute Gasteiger partial charge is 0.497 e. The maximum absolute atomic E-state index is 11.7. The second-order valence-corrected chi connectivity index (χ2v) is 4.55. The van der Waals surface area contributed by atoms with Crippen molar-refractivity contribution in [3.05, 3.63) is 23.5 Å². The van der Waals surface area contributed by atoms with Gasteiger partial charge in [0.25, 0.3) is 0 Å². The average Bonchev–Trinajstić information content (AvgIpc) is 2.70. The van der Waals surface area contributed by atoms with Gasteiger partial charge in [-0.05, 0) is 13.3 Å². The number of aryl methyl sites for hydroxylation is 1. The van der Waals surface area contributed by atoms with Crippen LogP contribution in [0.25, 0.3) is 0 Å². The molecule has 1 aliphatic rings. The first kappa shape index (κ1) is 13.3. The van der Waals surface area contributed by atoms with E-state index in [1.807, 2.05) is 6.92 Å². The summed E-state index contributed by atoms with van der Waals surface area (Å²) >= 11 is 0. The highest BCUT2D eigenvalue weighted by Gasteiger charge is 2.36. The second kappa shape index (κ2) is 5.26. The van der Waals surface area contributed by atoms with Crippen LogP contribution in [0.3, 0.4) is 0 Å². The number of nitrogens with zero attached hydrogens (tertiary/aromatic N) is 2. The van der Waals surface area contributed by atoms with E-state index in [4.69, 9.17) is 9.84 Å². The van der Waals surface area contributed by atoms with E-state index in [0.29, 0.717) is 17.9 Å². The lowest BCUT2D eigenvalue weighted by atomic mass is 10.2. The molecule has 2 heterocycles. The van der Waals surface area contributed by atoms with Gasteiger partial charge in [-0.3, -0.25) is 9.78 Å².